The van der Waals surface area contributed by atoms with Gasteiger partial charge in [-0.2, -0.15) is 0 Å². The van der Waals surface area contributed by atoms with Crippen molar-refractivity contribution in [1.29, 1.82) is 0 Å². The SMILES string of the molecule is CC(C)c1cc(C(C)C)c(S(=O)(=O)[O-])c(C(C)C)c1.COC(=O)c1cc(C(=O)OC)cc(S(=O)(=O)[O-])c1.COc1cc(O)c(C(=O)c2ccccc2)cc1S(=O)(=O)[O-].Cc1ccc([S+](c2ccc(Cl)cc2)c2ccc(Cl)cc2)cc1.Clc1ccc([S+](c2ccc(Cl)cc2)c2ccc(Cl)cc2)cc1.FB(F)F.O=C([O-])C(O)(c1ccccc1)c1ccccc1.[F-]. The number of aryl methyl sites for hydroxylation is 1. The number of carboxylic acid groups (broad SMARTS) is 1. The van der Waals surface area contributed by atoms with Crippen molar-refractivity contribution in [3.8, 4) is 11.5 Å². The number of aromatic hydroxyl groups is 1. The van der Waals surface area contributed by atoms with Crippen LogP contribution in [-0.4, -0.2) is 102 Å². The zero-order valence-electron chi connectivity index (χ0n) is 67.6. The summed E-state index contributed by atoms with van der Waals surface area (Å²) in [5.74, 6) is -4.32. The van der Waals surface area contributed by atoms with Gasteiger partial charge in [-0.3, -0.25) is 17.7 Å². The van der Waals surface area contributed by atoms with Gasteiger partial charge in [0.2, 0.25) is 0 Å². The molecule has 19 nitrogen and oxygen atoms in total. The molecule has 0 aliphatic heterocycles. The Bertz CT molecular complexity index is 5430. The van der Waals surface area contributed by atoms with Crippen LogP contribution in [0.2, 0.25) is 25.1 Å². The number of rotatable bonds is 20. The molecule has 12 aromatic rings. The van der Waals surface area contributed by atoms with Crippen LogP contribution in [0.3, 0.4) is 0 Å². The van der Waals surface area contributed by atoms with E-state index in [4.69, 9.17) is 62.7 Å². The number of carbonyl (C=O) groups excluding carboxylic acids is 4. The summed E-state index contributed by atoms with van der Waals surface area (Å²) < 4.78 is 144. The second-order valence-corrected chi connectivity index (χ2v) is 37.3. The van der Waals surface area contributed by atoms with Crippen molar-refractivity contribution < 1.29 is 105 Å². The molecule has 0 bridgehead atoms. The number of methoxy groups -OCH3 is 3. The Hall–Kier alpha value is -10.1. The molecule has 12 aromatic carbocycles. The van der Waals surface area contributed by atoms with E-state index in [-0.39, 0.29) is 82.4 Å². The lowest BCUT2D eigenvalue weighted by Crippen LogP contribution is -3.00. The summed E-state index contributed by atoms with van der Waals surface area (Å²) in [7, 11) is -14.8. The Kier molecular flexibility index (Phi) is 40.8. The fraction of sp³-hybridized carbons (Fsp3) is 0.156. The van der Waals surface area contributed by atoms with Crippen molar-refractivity contribution in [1.82, 2.24) is 0 Å². The first kappa shape index (κ1) is 104. The van der Waals surface area contributed by atoms with Gasteiger partial charge in [0.05, 0.1) is 80.5 Å². The van der Waals surface area contributed by atoms with E-state index < -0.39 is 82.7 Å². The van der Waals surface area contributed by atoms with Gasteiger partial charge in [-0.15, -0.1) is 0 Å². The molecule has 0 spiro atoms. The second kappa shape index (κ2) is 48.4. The maximum absolute atomic E-state index is 12.2. The van der Waals surface area contributed by atoms with Gasteiger partial charge in [-0.1, -0.05) is 220 Å². The first-order valence-corrected chi connectivity index (χ1v) is 45.1. The number of ether oxygens (including phenoxy) is 3. The molecule has 0 amide bonds. The molecule has 0 fully saturated rings. The Morgan fingerprint density at radius 2 is 0.734 bits per heavy atom. The first-order valence-electron chi connectivity index (χ1n) is 36.5. The van der Waals surface area contributed by atoms with E-state index in [0.717, 1.165) is 82.3 Å². The summed E-state index contributed by atoms with van der Waals surface area (Å²) >= 11 is 30.1. The minimum Gasteiger partial charge on any atom is -1.00 e. The Balaban J connectivity index is 0.000000262. The van der Waals surface area contributed by atoms with Gasteiger partial charge >= 0.3 is 19.5 Å². The lowest BCUT2D eigenvalue weighted by Gasteiger charge is -2.30. The molecule has 0 atom stereocenters. The average molecular weight is 1890 g/mol. The lowest BCUT2D eigenvalue weighted by atomic mass is 9.86. The van der Waals surface area contributed by atoms with E-state index >= 15 is 0 Å². The fourth-order valence-corrected chi connectivity index (χ4v) is 18.4. The minimum atomic E-state index is -4.84. The largest absolute Gasteiger partial charge is 1.00 e. The molecule has 0 aliphatic carbocycles. The smallest absolute Gasteiger partial charge is 0.762 e. The van der Waals surface area contributed by atoms with Gasteiger partial charge in [0, 0.05) is 36.7 Å². The van der Waals surface area contributed by atoms with Crippen LogP contribution >= 0.6 is 58.0 Å². The van der Waals surface area contributed by atoms with Crippen LogP contribution in [0.1, 0.15) is 129 Å². The summed E-state index contributed by atoms with van der Waals surface area (Å²) in [5, 5.41) is 35.2. The molecule has 2 N–H and O–H groups in total. The number of carbonyl (C=O) groups is 4. The third kappa shape index (κ3) is 30.7. The Morgan fingerprint density at radius 3 is 0.992 bits per heavy atom. The standard InChI is InChI=1S/C19H15Cl2S.C18H12Cl3S.C15H24O3S.C14H12O6S.C14H12O3.C10H10O7S.BF3.FH/c1-14-2-8-17(9-3-14)22(18-10-4-15(20)5-11-18)19-12-6-16(21)7-13-19;19-13-1-7-16(8-2-13)22(17-9-3-14(20)4-10-17)18-11-5-15(21)6-12-18;1-9(2)12-7-13(10(3)4)15(19(16,17)18)14(8-12)11(5)6;1-20-12-8-11(15)10(7-13(12)21(17,18)19)14(16)9-5-3-2-4-6-9;15-13(16)14(17,11-7-3-1-4-8-11)12-9-5-2-6-10-12;1-16-9(11)6-3-7(10(12)17-2)5-8(4-6)18(13,14)15;2-1(3)4;/h2-13H,1H3;1-12H;7-11H,1-6H3,(H,16,17,18);2-8,15H,1H3,(H,17,18,19);1-10,17H,(H,15,16);3-5H,1-2H3,(H,13,14,15);;1H/q2*+1;;;;;;/p-5. The lowest BCUT2D eigenvalue weighted by molar-refractivity contribution is -0.322. The maximum atomic E-state index is 12.2. The van der Waals surface area contributed by atoms with E-state index in [1.807, 2.05) is 100 Å². The normalized spacial score (nSPS) is 11.0. The number of ketones is 1. The molecule has 124 heavy (non-hydrogen) atoms. The van der Waals surface area contributed by atoms with Gasteiger partial charge < -0.3 is 52.7 Å². The van der Waals surface area contributed by atoms with Crippen LogP contribution in [0.15, 0.2) is 323 Å². The van der Waals surface area contributed by atoms with Gasteiger partial charge in [0.1, 0.15) is 41.9 Å². The fourth-order valence-electron chi connectivity index (χ4n) is 11.3. The van der Waals surface area contributed by atoms with Crippen LogP contribution in [0.5, 0.6) is 11.5 Å². The highest BCUT2D eigenvalue weighted by atomic mass is 35.5. The predicted molar refractivity (Wildman–Crippen MR) is 469 cm³/mol. The van der Waals surface area contributed by atoms with E-state index in [1.54, 1.807) is 78.9 Å². The number of phenolic OH excluding ortho intramolecular Hbond substituents is 1. The first-order chi connectivity index (χ1) is 57.8. The highest BCUT2D eigenvalue weighted by Gasteiger charge is 2.34. The molecule has 0 aromatic heterocycles. The van der Waals surface area contributed by atoms with Gasteiger partial charge in [-0.25, -0.2) is 34.8 Å². The maximum Gasteiger partial charge on any atom is 0.762 e. The van der Waals surface area contributed by atoms with Gasteiger partial charge in [0.15, 0.2) is 40.8 Å². The van der Waals surface area contributed by atoms with Gasteiger partial charge in [0.25, 0.3) is 0 Å². The van der Waals surface area contributed by atoms with Crippen LogP contribution in [0.25, 0.3) is 0 Å². The van der Waals surface area contributed by atoms with E-state index in [9.17, 15) is 86.4 Å². The quantitative estimate of drug-likeness (QED) is 0.0179. The molecule has 0 saturated heterocycles. The zero-order chi connectivity index (χ0) is 91.4. The number of aliphatic carboxylic acids is 1. The molecule has 0 aliphatic rings. The Morgan fingerprint density at radius 1 is 0.427 bits per heavy atom. The zero-order valence-corrected chi connectivity index (χ0v) is 75.5. The summed E-state index contributed by atoms with van der Waals surface area (Å²) in [6.45, 7) is 13.9. The number of hydrogen-bond donors (Lipinski definition) is 2. The summed E-state index contributed by atoms with van der Waals surface area (Å²) in [4.78, 5) is 52.1. The number of esters is 2. The molecule has 654 valence electrons. The summed E-state index contributed by atoms with van der Waals surface area (Å²) in [5.41, 5.74) is 1.61. The van der Waals surface area contributed by atoms with E-state index in [0.29, 0.717) is 17.0 Å². The topological polar surface area (TPSA) is 331 Å². The molecule has 0 heterocycles. The molecule has 12 rings (SSSR count). The van der Waals surface area contributed by atoms with Gasteiger partial charge in [-0.05, 0) is 210 Å². The average Bonchev–Trinajstić information content (AvgIpc) is 0.781. The van der Waals surface area contributed by atoms with E-state index in [2.05, 4.69) is 115 Å². The van der Waals surface area contributed by atoms with Crippen LogP contribution in [0, 0.1) is 6.92 Å². The van der Waals surface area contributed by atoms with Crippen molar-refractivity contribution in [2.75, 3.05) is 21.3 Å². The van der Waals surface area contributed by atoms with Crippen LogP contribution < -0.4 is 14.5 Å². The predicted octanol–water partition coefficient (Wildman–Crippen LogP) is 17.4. The van der Waals surface area contributed by atoms with Crippen LogP contribution in [-0.2, 0) is 72.0 Å². The molecular weight excluding hydrogens is 1810 g/mol. The number of halogens is 9. The van der Waals surface area contributed by atoms with Crippen molar-refractivity contribution in [3.63, 3.8) is 0 Å². The molecule has 0 saturated carbocycles. The second-order valence-electron chi connectivity index (χ2n) is 27.0. The number of hydrogen-bond acceptors (Lipinski definition) is 19. The molecule has 34 heteroatoms. The summed E-state index contributed by atoms with van der Waals surface area (Å²) in [6, 6.07) is 81.4. The number of aliphatic hydroxyl groups is 1. The highest BCUT2D eigenvalue weighted by Crippen LogP contribution is 2.39. The minimum absolute atomic E-state index is 0. The van der Waals surface area contributed by atoms with Crippen molar-refractivity contribution in [2.45, 2.75) is 116 Å². The van der Waals surface area contributed by atoms with Crippen molar-refractivity contribution in [3.05, 3.63) is 360 Å². The van der Waals surface area contributed by atoms with Crippen molar-refractivity contribution >= 4 is 141 Å². The number of phenols is 1. The molecule has 0 radical (unpaired) electrons. The highest BCUT2D eigenvalue weighted by molar-refractivity contribution is 7.97. The number of benzene rings is 12. The molecular formula is C90H81BCl5F4O19S5-3. The number of carboxylic acids is 1. The Labute approximate surface area is 749 Å². The third-order valence-electron chi connectivity index (χ3n) is 17.4. The van der Waals surface area contributed by atoms with E-state index in [1.165, 1.54) is 47.1 Å². The monoisotopic (exact) mass is 1890 g/mol. The third-order valence-corrected chi connectivity index (χ3v) is 25.7. The molecule has 0 unspecified atom stereocenters. The van der Waals surface area contributed by atoms with Crippen LogP contribution in [0.4, 0.5) is 12.9 Å². The summed E-state index contributed by atoms with van der Waals surface area (Å²) in [6.07, 6.45) is 0. The van der Waals surface area contributed by atoms with Crippen molar-refractivity contribution in [2.24, 2.45) is 0 Å².